The molecular weight excluding hydrogens is 308 g/mol. The van der Waals surface area contributed by atoms with Gasteiger partial charge in [0.25, 0.3) is 5.91 Å². The van der Waals surface area contributed by atoms with Crippen molar-refractivity contribution in [3.63, 3.8) is 0 Å². The first-order valence-electron chi connectivity index (χ1n) is 7.83. The zero-order chi connectivity index (χ0) is 16.4. The van der Waals surface area contributed by atoms with Crippen molar-refractivity contribution in [2.75, 3.05) is 32.9 Å². The summed E-state index contributed by atoms with van der Waals surface area (Å²) in [6.07, 6.45) is 2.02. The molecule has 0 aliphatic carbocycles. The minimum Gasteiger partial charge on any atom is -0.375 e. The highest BCUT2D eigenvalue weighted by atomic mass is 32.1. The standard InChI is InChI=1S/C17H22N4OS/c1-20-10-8-13(9-11-20)21(2)16(22)15-14(19-17(18)23-15)12-6-4-3-5-7-12/h3-7,13H,8-11H2,1-2H3,(H2,18,19). The van der Waals surface area contributed by atoms with Gasteiger partial charge in [0, 0.05) is 18.7 Å². The molecular formula is C17H22N4OS. The van der Waals surface area contributed by atoms with Crippen molar-refractivity contribution >= 4 is 22.4 Å². The molecule has 1 aliphatic rings. The van der Waals surface area contributed by atoms with Crippen molar-refractivity contribution in [1.29, 1.82) is 0 Å². The lowest BCUT2D eigenvalue weighted by Crippen LogP contribution is -2.44. The van der Waals surface area contributed by atoms with Crippen LogP contribution in [0.4, 0.5) is 5.13 Å². The molecule has 1 amide bonds. The van der Waals surface area contributed by atoms with Crippen molar-refractivity contribution in [2.45, 2.75) is 18.9 Å². The molecule has 122 valence electrons. The van der Waals surface area contributed by atoms with Gasteiger partial charge in [0.1, 0.15) is 4.88 Å². The summed E-state index contributed by atoms with van der Waals surface area (Å²) in [5.41, 5.74) is 7.50. The lowest BCUT2D eigenvalue weighted by atomic mass is 10.0. The number of aromatic nitrogens is 1. The number of nitrogens with zero attached hydrogens (tertiary/aromatic N) is 3. The molecule has 5 nitrogen and oxygen atoms in total. The third-order valence-corrected chi connectivity index (χ3v) is 5.31. The molecule has 2 heterocycles. The van der Waals surface area contributed by atoms with Gasteiger partial charge in [-0.2, -0.15) is 0 Å². The molecule has 0 radical (unpaired) electrons. The molecule has 0 spiro atoms. The van der Waals surface area contributed by atoms with Gasteiger partial charge < -0.3 is 15.5 Å². The second-order valence-corrected chi connectivity index (χ2v) is 7.08. The van der Waals surface area contributed by atoms with Gasteiger partial charge in [-0.1, -0.05) is 41.7 Å². The Morgan fingerprint density at radius 3 is 2.61 bits per heavy atom. The zero-order valence-electron chi connectivity index (χ0n) is 13.5. The summed E-state index contributed by atoms with van der Waals surface area (Å²) in [6, 6.07) is 10.0. The maximum atomic E-state index is 13.0. The fourth-order valence-corrected chi connectivity index (χ4v) is 3.82. The summed E-state index contributed by atoms with van der Waals surface area (Å²) in [4.78, 5) is 22.1. The predicted octanol–water partition coefficient (Wildman–Crippen LogP) is 2.56. The Morgan fingerprint density at radius 1 is 1.30 bits per heavy atom. The smallest absolute Gasteiger partial charge is 0.266 e. The monoisotopic (exact) mass is 330 g/mol. The van der Waals surface area contributed by atoms with E-state index < -0.39 is 0 Å². The van der Waals surface area contributed by atoms with Gasteiger partial charge in [-0.3, -0.25) is 4.79 Å². The van der Waals surface area contributed by atoms with Crippen molar-refractivity contribution in [3.05, 3.63) is 35.2 Å². The molecule has 1 fully saturated rings. The molecule has 2 N–H and O–H groups in total. The quantitative estimate of drug-likeness (QED) is 0.939. The topological polar surface area (TPSA) is 62.5 Å². The first kappa shape index (κ1) is 16.0. The van der Waals surface area contributed by atoms with Crippen LogP contribution < -0.4 is 5.73 Å². The number of nitrogens with two attached hydrogens (primary N) is 1. The minimum absolute atomic E-state index is 0.0209. The Hall–Kier alpha value is -1.92. The number of carbonyl (C=O) groups excluding carboxylic acids is 1. The number of amides is 1. The van der Waals surface area contributed by atoms with E-state index in [1.54, 1.807) is 0 Å². The number of hydrogen-bond donors (Lipinski definition) is 1. The van der Waals surface area contributed by atoms with Crippen LogP contribution in [0.5, 0.6) is 0 Å². The molecule has 0 unspecified atom stereocenters. The maximum Gasteiger partial charge on any atom is 0.266 e. The van der Waals surface area contributed by atoms with E-state index in [1.807, 2.05) is 42.3 Å². The molecule has 6 heteroatoms. The van der Waals surface area contributed by atoms with Gasteiger partial charge >= 0.3 is 0 Å². The second-order valence-electron chi connectivity index (χ2n) is 6.05. The van der Waals surface area contributed by atoms with Crippen LogP contribution in [0.1, 0.15) is 22.5 Å². The number of nitrogen functional groups attached to an aromatic ring is 1. The summed E-state index contributed by atoms with van der Waals surface area (Å²) < 4.78 is 0. The fraction of sp³-hybridized carbons (Fsp3) is 0.412. The lowest BCUT2D eigenvalue weighted by Gasteiger charge is -2.35. The van der Waals surface area contributed by atoms with E-state index in [0.29, 0.717) is 15.7 Å². The number of thiazole rings is 1. The van der Waals surface area contributed by atoms with Crippen LogP contribution in [-0.4, -0.2) is 53.9 Å². The van der Waals surface area contributed by atoms with E-state index in [1.165, 1.54) is 11.3 Å². The Morgan fingerprint density at radius 2 is 1.96 bits per heavy atom. The van der Waals surface area contributed by atoms with E-state index in [-0.39, 0.29) is 11.9 Å². The van der Waals surface area contributed by atoms with Crippen molar-refractivity contribution in [2.24, 2.45) is 0 Å². The molecule has 0 saturated carbocycles. The Balaban J connectivity index is 1.85. The first-order chi connectivity index (χ1) is 11.1. The van der Waals surface area contributed by atoms with Gasteiger partial charge in [0.05, 0.1) is 5.69 Å². The Bertz CT molecular complexity index is 677. The molecule has 1 aromatic heterocycles. The average Bonchev–Trinajstić information content (AvgIpc) is 2.97. The van der Waals surface area contributed by atoms with Crippen LogP contribution in [0.25, 0.3) is 11.3 Å². The highest BCUT2D eigenvalue weighted by molar-refractivity contribution is 7.17. The number of anilines is 1. The van der Waals surface area contributed by atoms with Crippen LogP contribution >= 0.6 is 11.3 Å². The van der Waals surface area contributed by atoms with Gasteiger partial charge in [0.15, 0.2) is 5.13 Å². The van der Waals surface area contributed by atoms with Crippen LogP contribution in [0.15, 0.2) is 30.3 Å². The highest BCUT2D eigenvalue weighted by Gasteiger charge is 2.28. The van der Waals surface area contributed by atoms with Crippen LogP contribution in [0.3, 0.4) is 0 Å². The third kappa shape index (κ3) is 3.38. The lowest BCUT2D eigenvalue weighted by molar-refractivity contribution is 0.0665. The van der Waals surface area contributed by atoms with Gasteiger partial charge in [-0.05, 0) is 33.0 Å². The summed E-state index contributed by atoms with van der Waals surface area (Å²) in [7, 11) is 4.01. The van der Waals surface area contributed by atoms with E-state index in [9.17, 15) is 4.79 Å². The molecule has 1 saturated heterocycles. The maximum absolute atomic E-state index is 13.0. The number of carbonyl (C=O) groups is 1. The molecule has 3 rings (SSSR count). The van der Waals surface area contributed by atoms with Crippen LogP contribution in [0.2, 0.25) is 0 Å². The van der Waals surface area contributed by atoms with Crippen molar-refractivity contribution < 1.29 is 4.79 Å². The Labute approximate surface area is 140 Å². The minimum atomic E-state index is 0.0209. The second kappa shape index (κ2) is 6.68. The van der Waals surface area contributed by atoms with Crippen LogP contribution in [0, 0.1) is 0 Å². The van der Waals surface area contributed by atoms with E-state index in [4.69, 9.17) is 5.73 Å². The predicted molar refractivity (Wildman–Crippen MR) is 94.6 cm³/mol. The molecule has 1 aromatic carbocycles. The summed E-state index contributed by atoms with van der Waals surface area (Å²) >= 11 is 1.28. The van der Waals surface area contributed by atoms with Gasteiger partial charge in [-0.15, -0.1) is 0 Å². The summed E-state index contributed by atoms with van der Waals surface area (Å²) in [5, 5.41) is 0.434. The largest absolute Gasteiger partial charge is 0.375 e. The molecule has 0 atom stereocenters. The van der Waals surface area contributed by atoms with Crippen molar-refractivity contribution in [3.8, 4) is 11.3 Å². The zero-order valence-corrected chi connectivity index (χ0v) is 14.3. The molecule has 23 heavy (non-hydrogen) atoms. The van der Waals surface area contributed by atoms with Gasteiger partial charge in [-0.25, -0.2) is 4.98 Å². The van der Waals surface area contributed by atoms with Crippen molar-refractivity contribution in [1.82, 2.24) is 14.8 Å². The number of likely N-dealkylation sites (tertiary alicyclic amines) is 1. The Kier molecular flexibility index (Phi) is 4.63. The number of rotatable bonds is 3. The average molecular weight is 330 g/mol. The summed E-state index contributed by atoms with van der Waals surface area (Å²) in [5.74, 6) is 0.0209. The fourth-order valence-electron chi connectivity index (χ4n) is 2.98. The van der Waals surface area contributed by atoms with E-state index in [2.05, 4.69) is 16.9 Å². The number of piperidine rings is 1. The van der Waals surface area contributed by atoms with Gasteiger partial charge in [0.2, 0.25) is 0 Å². The first-order valence-corrected chi connectivity index (χ1v) is 8.65. The normalized spacial score (nSPS) is 16.4. The number of hydrogen-bond acceptors (Lipinski definition) is 5. The van der Waals surface area contributed by atoms with E-state index in [0.717, 1.165) is 31.5 Å². The SMILES string of the molecule is CN1CCC(N(C)C(=O)c2sc(N)nc2-c2ccccc2)CC1. The molecule has 0 bridgehead atoms. The molecule has 1 aliphatic heterocycles. The third-order valence-electron chi connectivity index (χ3n) is 4.44. The molecule has 2 aromatic rings. The summed E-state index contributed by atoms with van der Waals surface area (Å²) in [6.45, 7) is 2.05. The number of benzene rings is 1. The highest BCUT2D eigenvalue weighted by Crippen LogP contribution is 2.31. The van der Waals surface area contributed by atoms with E-state index >= 15 is 0 Å². The van der Waals surface area contributed by atoms with Crippen LogP contribution in [-0.2, 0) is 0 Å².